The molecule has 0 spiro atoms. The van der Waals surface area contributed by atoms with Crippen molar-refractivity contribution in [3.63, 3.8) is 0 Å². The highest BCUT2D eigenvalue weighted by molar-refractivity contribution is 14.1. The first-order chi connectivity index (χ1) is 9.13. The molecule has 5 heteroatoms. The molecule has 0 radical (unpaired) electrons. The molecule has 1 N–H and O–H groups in total. The Morgan fingerprint density at radius 1 is 1.42 bits per heavy atom. The number of methoxy groups -OCH3 is 1. The van der Waals surface area contributed by atoms with Gasteiger partial charge in [-0.15, -0.1) is 11.3 Å². The van der Waals surface area contributed by atoms with Crippen LogP contribution in [0.2, 0.25) is 0 Å². The van der Waals surface area contributed by atoms with Gasteiger partial charge in [0, 0.05) is 10.5 Å². The van der Waals surface area contributed by atoms with Crippen LogP contribution in [0.25, 0.3) is 0 Å². The van der Waals surface area contributed by atoms with Crippen molar-refractivity contribution in [3.8, 4) is 5.75 Å². The zero-order valence-electron chi connectivity index (χ0n) is 10.7. The number of ether oxygens (including phenoxy) is 1. The fraction of sp³-hybridized carbons (Fsp3) is 0.286. The van der Waals surface area contributed by atoms with Crippen molar-refractivity contribution < 1.29 is 4.74 Å². The lowest BCUT2D eigenvalue weighted by Gasteiger charge is -2.16. The van der Waals surface area contributed by atoms with Crippen LogP contribution >= 0.6 is 49.9 Å². The lowest BCUT2D eigenvalue weighted by atomic mass is 10.0. The monoisotopic (exact) mass is 451 g/mol. The Hall–Kier alpha value is -0.110. The summed E-state index contributed by atoms with van der Waals surface area (Å²) in [5, 5.41) is 5.61. The number of likely N-dealkylation sites (N-methyl/N-ethyl adjacent to an activating group) is 1. The molecule has 0 fully saturated rings. The van der Waals surface area contributed by atoms with Crippen molar-refractivity contribution in [1.82, 2.24) is 5.32 Å². The third-order valence-electron chi connectivity index (χ3n) is 3.02. The SMILES string of the molecule is CNC(Cc1cc(OC)ccc1Br)c1csc(I)c1. The number of halogens is 2. The van der Waals surface area contributed by atoms with Gasteiger partial charge in [0.1, 0.15) is 5.75 Å². The molecule has 0 bridgehead atoms. The van der Waals surface area contributed by atoms with E-state index in [2.05, 4.69) is 61.4 Å². The standard InChI is InChI=1S/C14H15BrINOS/c1-17-13(10-7-14(16)19-8-10)6-9-5-11(18-2)3-4-12(9)15/h3-5,7-8,13,17H,6H2,1-2H3. The van der Waals surface area contributed by atoms with Gasteiger partial charge in [0.25, 0.3) is 0 Å². The largest absolute Gasteiger partial charge is 0.497 e. The van der Waals surface area contributed by atoms with Crippen molar-refractivity contribution in [2.75, 3.05) is 14.2 Å². The maximum Gasteiger partial charge on any atom is 0.119 e. The minimum absolute atomic E-state index is 0.322. The Kier molecular flexibility index (Phi) is 5.68. The van der Waals surface area contributed by atoms with Gasteiger partial charge in [-0.3, -0.25) is 0 Å². The summed E-state index contributed by atoms with van der Waals surface area (Å²) in [6, 6.07) is 8.66. The molecule has 1 aromatic heterocycles. The molecule has 2 rings (SSSR count). The van der Waals surface area contributed by atoms with Crippen LogP contribution in [-0.2, 0) is 6.42 Å². The minimum Gasteiger partial charge on any atom is -0.497 e. The van der Waals surface area contributed by atoms with Gasteiger partial charge in [-0.05, 0) is 76.8 Å². The van der Waals surface area contributed by atoms with Crippen molar-refractivity contribution in [3.05, 3.63) is 48.1 Å². The molecule has 1 aromatic carbocycles. The fourth-order valence-electron chi connectivity index (χ4n) is 1.95. The van der Waals surface area contributed by atoms with Crippen LogP contribution in [-0.4, -0.2) is 14.2 Å². The summed E-state index contributed by atoms with van der Waals surface area (Å²) in [6.45, 7) is 0. The average Bonchev–Trinajstić information content (AvgIpc) is 2.84. The average molecular weight is 452 g/mol. The van der Waals surface area contributed by atoms with Gasteiger partial charge in [-0.25, -0.2) is 0 Å². The predicted molar refractivity (Wildman–Crippen MR) is 93.2 cm³/mol. The molecule has 1 heterocycles. The normalized spacial score (nSPS) is 12.4. The van der Waals surface area contributed by atoms with E-state index in [4.69, 9.17) is 4.74 Å². The van der Waals surface area contributed by atoms with E-state index in [0.717, 1.165) is 16.6 Å². The number of benzene rings is 1. The third kappa shape index (κ3) is 3.93. The highest BCUT2D eigenvalue weighted by Crippen LogP contribution is 2.29. The zero-order valence-corrected chi connectivity index (χ0v) is 15.3. The van der Waals surface area contributed by atoms with E-state index in [-0.39, 0.29) is 0 Å². The Morgan fingerprint density at radius 3 is 2.79 bits per heavy atom. The molecular formula is C14H15BrINOS. The summed E-state index contributed by atoms with van der Waals surface area (Å²) in [7, 11) is 3.70. The highest BCUT2D eigenvalue weighted by Gasteiger charge is 2.14. The Morgan fingerprint density at radius 2 is 2.21 bits per heavy atom. The Labute approximate surface area is 139 Å². The van der Waals surface area contributed by atoms with Crippen molar-refractivity contribution in [2.24, 2.45) is 0 Å². The lowest BCUT2D eigenvalue weighted by Crippen LogP contribution is -2.18. The van der Waals surface area contributed by atoms with E-state index in [9.17, 15) is 0 Å². The third-order valence-corrected chi connectivity index (χ3v) is 5.60. The van der Waals surface area contributed by atoms with Crippen LogP contribution in [0.3, 0.4) is 0 Å². The number of thiophene rings is 1. The lowest BCUT2D eigenvalue weighted by molar-refractivity contribution is 0.414. The van der Waals surface area contributed by atoms with Gasteiger partial charge < -0.3 is 10.1 Å². The molecule has 0 saturated carbocycles. The van der Waals surface area contributed by atoms with Gasteiger partial charge in [0.2, 0.25) is 0 Å². The molecule has 0 aliphatic heterocycles. The molecule has 0 aliphatic carbocycles. The van der Waals surface area contributed by atoms with E-state index < -0.39 is 0 Å². The van der Waals surface area contributed by atoms with Gasteiger partial charge in [0.15, 0.2) is 0 Å². The fourth-order valence-corrected chi connectivity index (χ4v) is 3.78. The molecule has 1 atom stereocenters. The van der Waals surface area contributed by atoms with Crippen molar-refractivity contribution >= 4 is 49.9 Å². The first kappa shape index (κ1) is 15.3. The zero-order chi connectivity index (χ0) is 13.8. The van der Waals surface area contributed by atoms with E-state index in [1.165, 1.54) is 14.0 Å². The summed E-state index contributed by atoms with van der Waals surface area (Å²) in [4.78, 5) is 0. The second kappa shape index (κ2) is 7.06. The maximum atomic E-state index is 5.29. The summed E-state index contributed by atoms with van der Waals surface area (Å²) < 4.78 is 7.74. The van der Waals surface area contributed by atoms with Gasteiger partial charge >= 0.3 is 0 Å². The quantitative estimate of drug-likeness (QED) is 0.669. The van der Waals surface area contributed by atoms with E-state index in [1.807, 2.05) is 19.2 Å². The molecule has 0 aliphatic rings. The molecule has 2 nitrogen and oxygen atoms in total. The van der Waals surface area contributed by atoms with Crippen molar-refractivity contribution in [1.29, 1.82) is 0 Å². The summed E-state index contributed by atoms with van der Waals surface area (Å²) >= 11 is 7.75. The van der Waals surface area contributed by atoms with E-state index in [1.54, 1.807) is 18.4 Å². The van der Waals surface area contributed by atoms with Crippen LogP contribution in [0.15, 0.2) is 34.1 Å². The second-order valence-corrected chi connectivity index (χ2v) is 7.85. The number of hydrogen-bond donors (Lipinski definition) is 1. The first-order valence-electron chi connectivity index (χ1n) is 5.87. The Bertz CT molecular complexity index is 558. The Balaban J connectivity index is 2.23. The maximum absolute atomic E-state index is 5.29. The topological polar surface area (TPSA) is 21.3 Å². The van der Waals surface area contributed by atoms with Crippen LogP contribution in [0.4, 0.5) is 0 Å². The first-order valence-corrected chi connectivity index (χ1v) is 8.62. The van der Waals surface area contributed by atoms with Crippen LogP contribution in [0.1, 0.15) is 17.2 Å². The molecule has 2 aromatic rings. The summed E-state index contributed by atoms with van der Waals surface area (Å²) in [5.74, 6) is 0.896. The van der Waals surface area contributed by atoms with Crippen LogP contribution in [0.5, 0.6) is 5.75 Å². The van der Waals surface area contributed by atoms with Gasteiger partial charge in [-0.1, -0.05) is 15.9 Å². The van der Waals surface area contributed by atoms with E-state index >= 15 is 0 Å². The van der Waals surface area contributed by atoms with Crippen LogP contribution in [0, 0.1) is 2.88 Å². The predicted octanol–water partition coefficient (Wildman–Crippen LogP) is 4.63. The highest BCUT2D eigenvalue weighted by atomic mass is 127. The van der Waals surface area contributed by atoms with Crippen molar-refractivity contribution in [2.45, 2.75) is 12.5 Å². The number of rotatable bonds is 5. The smallest absolute Gasteiger partial charge is 0.119 e. The second-order valence-electron chi connectivity index (χ2n) is 4.19. The van der Waals surface area contributed by atoms with Crippen LogP contribution < -0.4 is 10.1 Å². The summed E-state index contributed by atoms with van der Waals surface area (Å²) in [6.07, 6.45) is 0.932. The van der Waals surface area contributed by atoms with Gasteiger partial charge in [-0.2, -0.15) is 0 Å². The molecule has 102 valence electrons. The molecule has 0 saturated heterocycles. The molecule has 19 heavy (non-hydrogen) atoms. The summed E-state index contributed by atoms with van der Waals surface area (Å²) in [5.41, 5.74) is 2.59. The van der Waals surface area contributed by atoms with E-state index in [0.29, 0.717) is 6.04 Å². The number of hydrogen-bond acceptors (Lipinski definition) is 3. The molecular weight excluding hydrogens is 437 g/mol. The molecule has 1 unspecified atom stereocenters. The minimum atomic E-state index is 0.322. The number of nitrogens with one attached hydrogen (secondary N) is 1. The van der Waals surface area contributed by atoms with Gasteiger partial charge in [0.05, 0.1) is 9.99 Å². The molecule has 0 amide bonds.